The maximum Gasteiger partial charge on any atom is 0.417 e. The van der Waals surface area contributed by atoms with Crippen LogP contribution in [0.4, 0.5) is 13.2 Å². The summed E-state index contributed by atoms with van der Waals surface area (Å²) < 4.78 is 44.1. The summed E-state index contributed by atoms with van der Waals surface area (Å²) in [4.78, 5) is 42.2. The average molecular weight is 596 g/mol. The number of benzene rings is 1. The van der Waals surface area contributed by atoms with Gasteiger partial charge < -0.3 is 26.2 Å². The van der Waals surface area contributed by atoms with Crippen LogP contribution in [-0.4, -0.2) is 86.5 Å². The number of carbonyl (C=O) groups excluding carboxylic acids is 3. The molecule has 0 saturated heterocycles. The lowest BCUT2D eigenvalue weighted by atomic mass is 9.57. The number of alkyl halides is 3. The Hall–Kier alpha value is -3.42. The summed E-state index contributed by atoms with van der Waals surface area (Å²) >= 11 is 0. The number of carbonyl (C=O) groups is 3. The largest absolute Gasteiger partial charge is 0.508 e. The normalized spacial score (nSPS) is 27.0. The summed E-state index contributed by atoms with van der Waals surface area (Å²) in [7, 11) is 4.54. The van der Waals surface area contributed by atoms with Crippen LogP contribution >= 0.6 is 0 Å². The number of halogens is 3. The number of hydrogen-bond donors (Lipinski definition) is 5. The van der Waals surface area contributed by atoms with Crippen LogP contribution in [-0.2, 0) is 33.5 Å². The van der Waals surface area contributed by atoms with Gasteiger partial charge in [-0.2, -0.15) is 13.2 Å². The summed E-state index contributed by atoms with van der Waals surface area (Å²) in [6.45, 7) is 5.56. The minimum Gasteiger partial charge on any atom is -0.508 e. The molecule has 0 aromatic heterocycles. The molecule has 1 aromatic rings. The van der Waals surface area contributed by atoms with Crippen LogP contribution in [0.1, 0.15) is 49.4 Å². The van der Waals surface area contributed by atoms with Gasteiger partial charge in [-0.25, -0.2) is 0 Å². The van der Waals surface area contributed by atoms with Crippen LogP contribution in [0.2, 0.25) is 0 Å². The smallest absolute Gasteiger partial charge is 0.417 e. The van der Waals surface area contributed by atoms with Gasteiger partial charge in [-0.05, 0) is 69.9 Å². The highest BCUT2D eigenvalue weighted by Gasteiger charge is 2.64. The number of hydrogen-bond acceptors (Lipinski definition) is 9. The Labute approximate surface area is 240 Å². The molecule has 3 aliphatic rings. The van der Waals surface area contributed by atoms with E-state index in [4.69, 9.17) is 5.73 Å². The number of nitrogens with zero attached hydrogens (tertiary/aromatic N) is 2. The lowest BCUT2D eigenvalue weighted by molar-refractivity contribution is -0.153. The molecule has 0 aliphatic heterocycles. The number of ketones is 2. The Bertz CT molecular complexity index is 1430. The fourth-order valence-electron chi connectivity index (χ4n) is 6.78. The quantitative estimate of drug-likeness (QED) is 0.311. The van der Waals surface area contributed by atoms with Crippen molar-refractivity contribution in [1.29, 1.82) is 0 Å². The highest BCUT2D eigenvalue weighted by atomic mass is 19.4. The van der Waals surface area contributed by atoms with E-state index in [1.165, 1.54) is 19.0 Å². The molecule has 0 unspecified atom stereocenters. The predicted octanol–water partition coefficient (Wildman–Crippen LogP) is 2.46. The molecule has 1 saturated carbocycles. The number of likely N-dealkylation sites (N-methyl/N-ethyl adjacent to an activating group) is 1. The van der Waals surface area contributed by atoms with E-state index in [0.717, 1.165) is 6.07 Å². The maximum atomic E-state index is 14.7. The molecule has 1 fully saturated rings. The van der Waals surface area contributed by atoms with Gasteiger partial charge in [0.15, 0.2) is 11.4 Å². The van der Waals surface area contributed by atoms with E-state index in [1.807, 2.05) is 20.8 Å². The van der Waals surface area contributed by atoms with E-state index < -0.39 is 98.7 Å². The Morgan fingerprint density at radius 2 is 1.74 bits per heavy atom. The molecule has 0 heterocycles. The number of aliphatic hydroxyl groups excluding tert-OH is 2. The first-order valence-electron chi connectivity index (χ1n) is 13.6. The van der Waals surface area contributed by atoms with Crippen molar-refractivity contribution in [3.63, 3.8) is 0 Å². The molecule has 1 amide bonds. The van der Waals surface area contributed by atoms with Gasteiger partial charge in [0.25, 0.3) is 5.91 Å². The summed E-state index contributed by atoms with van der Waals surface area (Å²) in [6, 6.07) is -0.525. The van der Waals surface area contributed by atoms with Gasteiger partial charge >= 0.3 is 6.18 Å². The standard InChI is InChI=1S/C29H36F3N3O7/c1-11(2)12(3)35(6)10-14-9-17(36)19-15(21(14)29(30,31)32)7-13-8-16-22(34(4)5)24(38)20(27(33)41)26(40)28(16,42)25(39)18(13)23(19)37/h9,11-13,16,22,36-37,40,42H,7-8,10H2,1-6H3,(H2,33,41)/t12-,13-,16-,22-,28-/m0/s1. The van der Waals surface area contributed by atoms with Crippen molar-refractivity contribution in [2.75, 3.05) is 21.1 Å². The number of fused-ring (bicyclic) bond motifs is 3. The van der Waals surface area contributed by atoms with Crippen molar-refractivity contribution in [3.8, 4) is 5.75 Å². The van der Waals surface area contributed by atoms with Crippen molar-refractivity contribution in [1.82, 2.24) is 9.80 Å². The summed E-state index contributed by atoms with van der Waals surface area (Å²) in [5, 5.41) is 44.7. The molecule has 3 aliphatic carbocycles. The number of phenolic OH excluding ortho intramolecular Hbond substituents is 1. The monoisotopic (exact) mass is 595 g/mol. The number of nitrogens with two attached hydrogens (primary N) is 1. The average Bonchev–Trinajstić information content (AvgIpc) is 2.84. The lowest BCUT2D eigenvalue weighted by Crippen LogP contribution is -2.65. The number of primary amides is 1. The molecule has 13 heteroatoms. The number of phenols is 1. The molecule has 0 radical (unpaired) electrons. The van der Waals surface area contributed by atoms with Crippen LogP contribution in [0.5, 0.6) is 5.75 Å². The topological polar surface area (TPSA) is 165 Å². The zero-order valence-corrected chi connectivity index (χ0v) is 24.2. The van der Waals surface area contributed by atoms with Crippen molar-refractivity contribution in [3.05, 3.63) is 45.2 Å². The highest BCUT2D eigenvalue weighted by Crippen LogP contribution is 2.54. The van der Waals surface area contributed by atoms with E-state index >= 15 is 0 Å². The first-order valence-corrected chi connectivity index (χ1v) is 13.6. The van der Waals surface area contributed by atoms with Crippen molar-refractivity contribution in [2.45, 2.75) is 64.0 Å². The molecule has 42 heavy (non-hydrogen) atoms. The lowest BCUT2D eigenvalue weighted by Gasteiger charge is -2.50. The Balaban J connectivity index is 1.96. The molecule has 1 aromatic carbocycles. The van der Waals surface area contributed by atoms with Crippen molar-refractivity contribution >= 4 is 23.2 Å². The second-order valence-corrected chi connectivity index (χ2v) is 12.1. The third-order valence-electron chi connectivity index (χ3n) is 9.17. The molecular weight excluding hydrogens is 559 g/mol. The molecule has 5 atom stereocenters. The van der Waals surface area contributed by atoms with E-state index in [1.54, 1.807) is 11.9 Å². The number of rotatable bonds is 6. The SMILES string of the molecule is CC(C)[C@H](C)N(C)Cc1cc(O)c2c(c1C(F)(F)F)C[C@H]1C[C@H]3[C@H](N(C)C)C(=O)C(C(N)=O)=C(O)[C@@]3(O)C(=O)C1=C2O. The fourth-order valence-corrected chi connectivity index (χ4v) is 6.78. The van der Waals surface area contributed by atoms with Crippen LogP contribution < -0.4 is 5.73 Å². The minimum absolute atomic E-state index is 0.101. The molecule has 6 N–H and O–H groups in total. The van der Waals surface area contributed by atoms with E-state index in [9.17, 15) is 48.0 Å². The molecule has 230 valence electrons. The maximum absolute atomic E-state index is 14.7. The second kappa shape index (κ2) is 10.4. The van der Waals surface area contributed by atoms with E-state index in [-0.39, 0.29) is 30.5 Å². The van der Waals surface area contributed by atoms with E-state index in [0.29, 0.717) is 0 Å². The summed E-state index contributed by atoms with van der Waals surface area (Å²) in [5.74, 6) is -8.91. The highest BCUT2D eigenvalue weighted by molar-refractivity contribution is 6.24. The van der Waals surface area contributed by atoms with Gasteiger partial charge in [-0.3, -0.25) is 24.2 Å². The number of Topliss-reactive ketones (excluding diaryl/α,β-unsaturated/α-hetero) is 2. The first kappa shape index (κ1) is 31.5. The van der Waals surface area contributed by atoms with Crippen LogP contribution in [0, 0.1) is 17.8 Å². The first-order chi connectivity index (χ1) is 19.3. The zero-order valence-electron chi connectivity index (χ0n) is 24.2. The van der Waals surface area contributed by atoms with Crippen molar-refractivity contribution < 1.29 is 48.0 Å². The van der Waals surface area contributed by atoms with Crippen LogP contribution in [0.25, 0.3) is 5.76 Å². The van der Waals surface area contributed by atoms with Gasteiger partial charge in [-0.1, -0.05) is 13.8 Å². The number of aromatic hydroxyl groups is 1. The molecular formula is C29H36F3N3O7. The summed E-state index contributed by atoms with van der Waals surface area (Å²) in [5.41, 5.74) is -1.31. The fraction of sp³-hybridized carbons (Fsp3) is 0.552. The van der Waals surface area contributed by atoms with Gasteiger partial charge in [-0.15, -0.1) is 0 Å². The number of aliphatic hydroxyl groups is 3. The Kier molecular flexibility index (Phi) is 7.79. The van der Waals surface area contributed by atoms with Gasteiger partial charge in [0.05, 0.1) is 17.2 Å². The molecule has 10 nitrogen and oxygen atoms in total. The van der Waals surface area contributed by atoms with Crippen molar-refractivity contribution in [2.24, 2.45) is 23.5 Å². The van der Waals surface area contributed by atoms with Crippen LogP contribution in [0.3, 0.4) is 0 Å². The molecule has 4 rings (SSSR count). The predicted molar refractivity (Wildman–Crippen MR) is 145 cm³/mol. The molecule has 0 spiro atoms. The third-order valence-corrected chi connectivity index (χ3v) is 9.17. The van der Waals surface area contributed by atoms with Gasteiger partial charge in [0, 0.05) is 24.1 Å². The zero-order chi connectivity index (χ0) is 31.8. The third kappa shape index (κ3) is 4.58. The minimum atomic E-state index is -4.89. The van der Waals surface area contributed by atoms with Gasteiger partial charge in [0.1, 0.15) is 22.8 Å². The second-order valence-electron chi connectivity index (χ2n) is 12.1. The van der Waals surface area contributed by atoms with E-state index in [2.05, 4.69) is 0 Å². The Morgan fingerprint density at radius 3 is 2.24 bits per heavy atom. The van der Waals surface area contributed by atoms with Gasteiger partial charge in [0.2, 0.25) is 5.78 Å². The molecule has 0 bridgehead atoms. The summed E-state index contributed by atoms with van der Waals surface area (Å²) in [6.07, 6.45) is -5.65. The number of amides is 1. The Morgan fingerprint density at radius 1 is 1.14 bits per heavy atom. The van der Waals surface area contributed by atoms with Crippen LogP contribution in [0.15, 0.2) is 23.0 Å².